The summed E-state index contributed by atoms with van der Waals surface area (Å²) in [6.07, 6.45) is 2.64. The molecule has 0 fully saturated rings. The van der Waals surface area contributed by atoms with Crippen LogP contribution in [0.2, 0.25) is 0 Å². The number of anilines is 2. The van der Waals surface area contributed by atoms with Crippen LogP contribution in [-0.2, 0) is 9.84 Å². The van der Waals surface area contributed by atoms with Gasteiger partial charge in [0.1, 0.15) is 5.82 Å². The number of sulfone groups is 1. The van der Waals surface area contributed by atoms with Crippen molar-refractivity contribution < 1.29 is 13.2 Å². The number of nitrogens with two attached hydrogens (primary N) is 1. The van der Waals surface area contributed by atoms with E-state index in [2.05, 4.69) is 4.98 Å². The Labute approximate surface area is 123 Å². The van der Waals surface area contributed by atoms with Crippen LogP contribution in [0.5, 0.6) is 0 Å². The lowest BCUT2D eigenvalue weighted by molar-refractivity contribution is 0.0992. The number of pyridine rings is 1. The van der Waals surface area contributed by atoms with Crippen molar-refractivity contribution in [3.8, 4) is 0 Å². The Kier molecular flexibility index (Phi) is 3.95. The number of nitrogens with zero attached hydrogens (tertiary/aromatic N) is 2. The highest BCUT2D eigenvalue weighted by atomic mass is 32.2. The average molecular weight is 305 g/mol. The van der Waals surface area contributed by atoms with E-state index in [1.165, 1.54) is 23.1 Å². The third-order valence-electron chi connectivity index (χ3n) is 2.90. The number of carbonyl (C=O) groups is 1. The largest absolute Gasteiger partial charge is 0.399 e. The van der Waals surface area contributed by atoms with E-state index in [0.29, 0.717) is 5.82 Å². The van der Waals surface area contributed by atoms with Crippen molar-refractivity contribution in [2.24, 2.45) is 0 Å². The second-order valence-corrected chi connectivity index (χ2v) is 6.63. The molecule has 0 aliphatic heterocycles. The summed E-state index contributed by atoms with van der Waals surface area (Å²) < 4.78 is 23.2. The van der Waals surface area contributed by atoms with Gasteiger partial charge in [0.2, 0.25) is 0 Å². The Hall–Kier alpha value is -2.41. The minimum Gasteiger partial charge on any atom is -0.399 e. The number of nitrogen functional groups attached to an aromatic ring is 1. The predicted octanol–water partition coefficient (Wildman–Crippen LogP) is 1.34. The van der Waals surface area contributed by atoms with E-state index < -0.39 is 9.84 Å². The van der Waals surface area contributed by atoms with Gasteiger partial charge in [-0.25, -0.2) is 13.4 Å². The second-order valence-electron chi connectivity index (χ2n) is 4.61. The van der Waals surface area contributed by atoms with Crippen molar-refractivity contribution in [3.63, 3.8) is 0 Å². The molecule has 0 unspecified atom stereocenters. The van der Waals surface area contributed by atoms with Gasteiger partial charge in [0.25, 0.3) is 5.91 Å². The van der Waals surface area contributed by atoms with Gasteiger partial charge in [0.15, 0.2) is 9.84 Å². The van der Waals surface area contributed by atoms with Gasteiger partial charge in [-0.2, -0.15) is 0 Å². The van der Waals surface area contributed by atoms with E-state index in [4.69, 9.17) is 5.73 Å². The summed E-state index contributed by atoms with van der Waals surface area (Å²) in [6.45, 7) is 0. The SMILES string of the molecule is CN(C(=O)c1cc(N)cc(S(C)(=O)=O)c1)c1ccccn1. The van der Waals surface area contributed by atoms with E-state index in [9.17, 15) is 13.2 Å². The standard InChI is InChI=1S/C14H15N3O3S/c1-17(13-5-3-4-6-16-13)14(18)10-7-11(15)9-12(8-10)21(2,19)20/h3-9H,15H2,1-2H3. The summed E-state index contributed by atoms with van der Waals surface area (Å²) in [4.78, 5) is 17.8. The maximum atomic E-state index is 12.4. The molecule has 110 valence electrons. The first kappa shape index (κ1) is 15.0. The molecule has 1 aromatic heterocycles. The Bertz CT molecular complexity index is 773. The Morgan fingerprint density at radius 2 is 1.95 bits per heavy atom. The average Bonchev–Trinajstić information content (AvgIpc) is 2.45. The third kappa shape index (κ3) is 3.38. The molecule has 0 aliphatic rings. The second kappa shape index (κ2) is 5.53. The minimum atomic E-state index is -3.44. The van der Waals surface area contributed by atoms with Gasteiger partial charge in [-0.15, -0.1) is 0 Å². The van der Waals surface area contributed by atoms with E-state index in [0.717, 1.165) is 6.26 Å². The molecule has 1 amide bonds. The highest BCUT2D eigenvalue weighted by molar-refractivity contribution is 7.90. The van der Waals surface area contributed by atoms with Crippen molar-refractivity contribution in [3.05, 3.63) is 48.2 Å². The quantitative estimate of drug-likeness (QED) is 0.864. The monoisotopic (exact) mass is 305 g/mol. The molecular formula is C14H15N3O3S. The minimum absolute atomic E-state index is 0.0141. The summed E-state index contributed by atoms with van der Waals surface area (Å²) in [7, 11) is -1.87. The van der Waals surface area contributed by atoms with Crippen molar-refractivity contribution >= 4 is 27.2 Å². The number of rotatable bonds is 3. The van der Waals surface area contributed by atoms with Gasteiger partial charge in [-0.1, -0.05) is 6.07 Å². The van der Waals surface area contributed by atoms with Gasteiger partial charge in [0, 0.05) is 30.8 Å². The van der Waals surface area contributed by atoms with Crippen LogP contribution in [0.15, 0.2) is 47.5 Å². The van der Waals surface area contributed by atoms with Gasteiger partial charge >= 0.3 is 0 Å². The Balaban J connectivity index is 2.42. The number of carbonyl (C=O) groups excluding carboxylic acids is 1. The molecule has 21 heavy (non-hydrogen) atoms. The molecule has 2 N–H and O–H groups in total. The first-order valence-corrected chi connectivity index (χ1v) is 7.98. The molecular weight excluding hydrogens is 290 g/mol. The van der Waals surface area contributed by atoms with Crippen LogP contribution in [0.25, 0.3) is 0 Å². The number of benzene rings is 1. The van der Waals surface area contributed by atoms with Crippen LogP contribution in [0, 0.1) is 0 Å². The normalized spacial score (nSPS) is 11.1. The molecule has 0 radical (unpaired) electrons. The number of amides is 1. The van der Waals surface area contributed by atoms with Crippen LogP contribution >= 0.6 is 0 Å². The molecule has 0 bridgehead atoms. The van der Waals surface area contributed by atoms with Crippen LogP contribution in [-0.4, -0.2) is 32.6 Å². The lowest BCUT2D eigenvalue weighted by Crippen LogP contribution is -2.27. The number of aromatic nitrogens is 1. The molecule has 1 aromatic carbocycles. The van der Waals surface area contributed by atoms with Crippen molar-refractivity contribution in [2.75, 3.05) is 23.9 Å². The highest BCUT2D eigenvalue weighted by Gasteiger charge is 2.18. The van der Waals surface area contributed by atoms with Gasteiger partial charge < -0.3 is 5.73 Å². The fourth-order valence-corrected chi connectivity index (χ4v) is 2.50. The lowest BCUT2D eigenvalue weighted by atomic mass is 10.2. The van der Waals surface area contributed by atoms with Crippen LogP contribution < -0.4 is 10.6 Å². The molecule has 7 heteroatoms. The van der Waals surface area contributed by atoms with E-state index >= 15 is 0 Å². The number of hydrogen-bond donors (Lipinski definition) is 1. The topological polar surface area (TPSA) is 93.4 Å². The fourth-order valence-electron chi connectivity index (χ4n) is 1.81. The maximum Gasteiger partial charge on any atom is 0.259 e. The zero-order valence-corrected chi connectivity index (χ0v) is 12.5. The zero-order valence-electron chi connectivity index (χ0n) is 11.6. The van der Waals surface area contributed by atoms with E-state index in [-0.39, 0.29) is 22.1 Å². The highest BCUT2D eigenvalue weighted by Crippen LogP contribution is 2.19. The van der Waals surface area contributed by atoms with Gasteiger partial charge in [-0.3, -0.25) is 9.69 Å². The Morgan fingerprint density at radius 3 is 2.52 bits per heavy atom. The molecule has 0 atom stereocenters. The fraction of sp³-hybridized carbons (Fsp3) is 0.143. The van der Waals surface area contributed by atoms with Gasteiger partial charge in [-0.05, 0) is 30.3 Å². The van der Waals surface area contributed by atoms with Crippen molar-refractivity contribution in [2.45, 2.75) is 4.90 Å². The first-order valence-electron chi connectivity index (χ1n) is 6.09. The van der Waals surface area contributed by atoms with Crippen molar-refractivity contribution in [1.29, 1.82) is 0 Å². The van der Waals surface area contributed by atoms with Crippen LogP contribution in [0.1, 0.15) is 10.4 Å². The van der Waals surface area contributed by atoms with E-state index in [1.54, 1.807) is 31.4 Å². The first-order chi connectivity index (χ1) is 9.79. The predicted molar refractivity (Wildman–Crippen MR) is 80.9 cm³/mol. The molecule has 0 spiro atoms. The summed E-state index contributed by atoms with van der Waals surface area (Å²) in [5.74, 6) is 0.0803. The lowest BCUT2D eigenvalue weighted by Gasteiger charge is -2.16. The summed E-state index contributed by atoms with van der Waals surface area (Å²) in [6, 6.07) is 9.26. The summed E-state index contributed by atoms with van der Waals surface area (Å²) in [5, 5.41) is 0. The molecule has 0 saturated heterocycles. The van der Waals surface area contributed by atoms with E-state index in [1.807, 2.05) is 0 Å². The van der Waals surface area contributed by atoms with Crippen LogP contribution in [0.3, 0.4) is 0 Å². The zero-order chi connectivity index (χ0) is 15.6. The third-order valence-corrected chi connectivity index (χ3v) is 3.99. The van der Waals surface area contributed by atoms with Gasteiger partial charge in [0.05, 0.1) is 4.90 Å². The Morgan fingerprint density at radius 1 is 1.24 bits per heavy atom. The molecule has 1 heterocycles. The molecule has 6 nitrogen and oxygen atoms in total. The van der Waals surface area contributed by atoms with Crippen LogP contribution in [0.4, 0.5) is 11.5 Å². The summed E-state index contributed by atoms with van der Waals surface area (Å²) >= 11 is 0. The maximum absolute atomic E-state index is 12.4. The van der Waals surface area contributed by atoms with Crippen molar-refractivity contribution in [1.82, 2.24) is 4.98 Å². The molecule has 0 saturated carbocycles. The molecule has 2 rings (SSSR count). The smallest absolute Gasteiger partial charge is 0.259 e. The molecule has 0 aliphatic carbocycles. The number of hydrogen-bond acceptors (Lipinski definition) is 5. The summed E-state index contributed by atoms with van der Waals surface area (Å²) in [5.41, 5.74) is 6.10. The molecule has 2 aromatic rings.